The van der Waals surface area contributed by atoms with Gasteiger partial charge in [-0.15, -0.1) is 0 Å². The molecule has 2 unspecified atom stereocenters. The maximum Gasteiger partial charge on any atom is 0.220 e. The van der Waals surface area contributed by atoms with Gasteiger partial charge < -0.3 is 5.32 Å². The van der Waals surface area contributed by atoms with Crippen LogP contribution in [0.5, 0.6) is 0 Å². The molecule has 1 aliphatic heterocycles. The van der Waals surface area contributed by atoms with Gasteiger partial charge in [0.15, 0.2) is 0 Å². The topological polar surface area (TPSA) is 46.2 Å². The molecule has 0 radical (unpaired) electrons. The highest BCUT2D eigenvalue weighted by Gasteiger charge is 2.44. The zero-order chi connectivity index (χ0) is 10.2. The second kappa shape index (κ2) is 3.37. The molecule has 2 rings (SSSR count). The molecule has 2 atom stereocenters. The monoisotopic (exact) mass is 195 g/mol. The van der Waals surface area contributed by atoms with Crippen LogP contribution in [0.4, 0.5) is 0 Å². The van der Waals surface area contributed by atoms with Crippen molar-refractivity contribution < 1.29 is 9.59 Å². The van der Waals surface area contributed by atoms with Gasteiger partial charge in [-0.3, -0.25) is 9.59 Å². The highest BCUT2D eigenvalue weighted by atomic mass is 16.2. The third kappa shape index (κ3) is 1.45. The summed E-state index contributed by atoms with van der Waals surface area (Å²) in [5.41, 5.74) is -0.273. The molecule has 1 aliphatic carbocycles. The van der Waals surface area contributed by atoms with E-state index in [1.165, 1.54) is 0 Å². The van der Waals surface area contributed by atoms with Crippen LogP contribution in [0.2, 0.25) is 0 Å². The third-order valence-electron chi connectivity index (χ3n) is 3.74. The van der Waals surface area contributed by atoms with Crippen LogP contribution in [0.25, 0.3) is 0 Å². The Morgan fingerprint density at radius 2 is 2.07 bits per heavy atom. The molecule has 2 aliphatic rings. The normalized spacial score (nSPS) is 38.5. The van der Waals surface area contributed by atoms with Gasteiger partial charge >= 0.3 is 0 Å². The van der Waals surface area contributed by atoms with E-state index < -0.39 is 0 Å². The van der Waals surface area contributed by atoms with Gasteiger partial charge in [-0.05, 0) is 25.7 Å². The van der Waals surface area contributed by atoms with E-state index in [2.05, 4.69) is 5.32 Å². The van der Waals surface area contributed by atoms with Crippen LogP contribution in [0.3, 0.4) is 0 Å². The molecule has 1 saturated carbocycles. The lowest BCUT2D eigenvalue weighted by molar-refractivity contribution is -0.133. The van der Waals surface area contributed by atoms with Crippen LogP contribution in [0, 0.1) is 5.41 Å². The minimum absolute atomic E-state index is 0.0961. The third-order valence-corrected chi connectivity index (χ3v) is 3.74. The summed E-state index contributed by atoms with van der Waals surface area (Å²) in [5.74, 6) is 0.462. The molecule has 1 heterocycles. The summed E-state index contributed by atoms with van der Waals surface area (Å²) < 4.78 is 0. The van der Waals surface area contributed by atoms with Gasteiger partial charge in [0, 0.05) is 24.3 Å². The molecule has 14 heavy (non-hydrogen) atoms. The first-order valence-electron chi connectivity index (χ1n) is 5.45. The predicted molar refractivity (Wildman–Crippen MR) is 52.7 cm³/mol. The Kier molecular flexibility index (Phi) is 2.33. The SMILES string of the molecule is CC12CCCC(=O)NC1CCCC2=O. The Hall–Kier alpha value is -0.860. The van der Waals surface area contributed by atoms with Crippen molar-refractivity contribution in [1.29, 1.82) is 0 Å². The molecule has 2 fully saturated rings. The lowest BCUT2D eigenvalue weighted by Crippen LogP contribution is -2.51. The molecule has 0 aromatic carbocycles. The van der Waals surface area contributed by atoms with Gasteiger partial charge in [0.2, 0.25) is 5.91 Å². The Balaban J connectivity index is 2.24. The summed E-state index contributed by atoms with van der Waals surface area (Å²) in [6.07, 6.45) is 4.90. The molecule has 0 aromatic heterocycles. The van der Waals surface area contributed by atoms with Crippen molar-refractivity contribution >= 4 is 11.7 Å². The molecule has 3 nitrogen and oxygen atoms in total. The standard InChI is InChI=1S/C11H17NO2/c1-11-7-3-6-10(14)12-8(11)4-2-5-9(11)13/h8H,2-7H2,1H3,(H,12,14). The number of amides is 1. The van der Waals surface area contributed by atoms with Gasteiger partial charge in [0.05, 0.1) is 0 Å². The summed E-state index contributed by atoms with van der Waals surface area (Å²) >= 11 is 0. The second-order valence-electron chi connectivity index (χ2n) is 4.71. The average molecular weight is 195 g/mol. The van der Waals surface area contributed by atoms with E-state index in [0.717, 1.165) is 25.7 Å². The number of hydrogen-bond donors (Lipinski definition) is 1. The van der Waals surface area contributed by atoms with E-state index in [4.69, 9.17) is 0 Å². The van der Waals surface area contributed by atoms with Crippen LogP contribution in [0.15, 0.2) is 0 Å². The summed E-state index contributed by atoms with van der Waals surface area (Å²) in [7, 11) is 0. The first kappa shape index (κ1) is 9.69. The van der Waals surface area contributed by atoms with Crippen molar-refractivity contribution in [2.75, 3.05) is 0 Å². The van der Waals surface area contributed by atoms with E-state index >= 15 is 0 Å². The van der Waals surface area contributed by atoms with Crippen molar-refractivity contribution in [1.82, 2.24) is 5.32 Å². The largest absolute Gasteiger partial charge is 0.352 e. The zero-order valence-corrected chi connectivity index (χ0v) is 8.64. The zero-order valence-electron chi connectivity index (χ0n) is 8.64. The maximum atomic E-state index is 11.9. The number of rotatable bonds is 0. The fourth-order valence-electron chi connectivity index (χ4n) is 2.69. The Bertz CT molecular complexity index is 274. The van der Waals surface area contributed by atoms with E-state index in [1.807, 2.05) is 6.92 Å². The number of Topliss-reactive ketones (excluding diaryl/α,β-unsaturated/α-hetero) is 1. The molecule has 0 aromatic rings. The van der Waals surface area contributed by atoms with Crippen LogP contribution in [-0.4, -0.2) is 17.7 Å². The van der Waals surface area contributed by atoms with Gasteiger partial charge in [-0.2, -0.15) is 0 Å². The van der Waals surface area contributed by atoms with Gasteiger partial charge in [-0.25, -0.2) is 0 Å². The second-order valence-corrected chi connectivity index (χ2v) is 4.71. The average Bonchev–Trinajstić information content (AvgIpc) is 2.27. The molecular formula is C11H17NO2. The van der Waals surface area contributed by atoms with E-state index in [9.17, 15) is 9.59 Å². The minimum Gasteiger partial charge on any atom is -0.352 e. The van der Waals surface area contributed by atoms with E-state index in [0.29, 0.717) is 18.6 Å². The fraction of sp³-hybridized carbons (Fsp3) is 0.818. The van der Waals surface area contributed by atoms with Crippen molar-refractivity contribution in [2.45, 2.75) is 51.5 Å². The molecule has 3 heteroatoms. The molecule has 1 saturated heterocycles. The number of hydrogen-bond acceptors (Lipinski definition) is 2. The quantitative estimate of drug-likeness (QED) is 0.635. The minimum atomic E-state index is -0.273. The molecule has 78 valence electrons. The number of nitrogens with one attached hydrogen (secondary N) is 1. The predicted octanol–water partition coefficient (Wildman–Crippen LogP) is 1.41. The Morgan fingerprint density at radius 3 is 2.86 bits per heavy atom. The van der Waals surface area contributed by atoms with Crippen molar-refractivity contribution in [3.05, 3.63) is 0 Å². The summed E-state index contributed by atoms with van der Waals surface area (Å²) in [5, 5.41) is 2.99. The first-order chi connectivity index (χ1) is 6.63. The smallest absolute Gasteiger partial charge is 0.220 e. The molecule has 0 bridgehead atoms. The Morgan fingerprint density at radius 1 is 1.29 bits per heavy atom. The van der Waals surface area contributed by atoms with Crippen molar-refractivity contribution in [3.63, 3.8) is 0 Å². The van der Waals surface area contributed by atoms with Crippen LogP contribution in [-0.2, 0) is 9.59 Å². The van der Waals surface area contributed by atoms with Crippen LogP contribution >= 0.6 is 0 Å². The van der Waals surface area contributed by atoms with Crippen LogP contribution < -0.4 is 5.32 Å². The van der Waals surface area contributed by atoms with E-state index in [-0.39, 0.29) is 17.4 Å². The molecule has 0 spiro atoms. The molecule has 1 amide bonds. The highest BCUT2D eigenvalue weighted by molar-refractivity contribution is 5.88. The molecular weight excluding hydrogens is 178 g/mol. The lowest BCUT2D eigenvalue weighted by Gasteiger charge is -2.38. The summed E-state index contributed by atoms with van der Waals surface area (Å²) in [4.78, 5) is 23.2. The summed E-state index contributed by atoms with van der Waals surface area (Å²) in [6.45, 7) is 2.02. The summed E-state index contributed by atoms with van der Waals surface area (Å²) in [6, 6.07) is 0.0961. The first-order valence-corrected chi connectivity index (χ1v) is 5.45. The number of ketones is 1. The maximum absolute atomic E-state index is 11.9. The number of carbonyl (C=O) groups excluding carboxylic acids is 2. The Labute approximate surface area is 84.2 Å². The van der Waals surface area contributed by atoms with Crippen LogP contribution in [0.1, 0.15) is 45.4 Å². The fourth-order valence-corrected chi connectivity index (χ4v) is 2.69. The van der Waals surface area contributed by atoms with Crippen molar-refractivity contribution in [2.24, 2.45) is 5.41 Å². The van der Waals surface area contributed by atoms with E-state index in [1.54, 1.807) is 0 Å². The van der Waals surface area contributed by atoms with Gasteiger partial charge in [-0.1, -0.05) is 6.92 Å². The molecule has 1 N–H and O–H groups in total. The number of carbonyl (C=O) groups is 2. The highest BCUT2D eigenvalue weighted by Crippen LogP contribution is 2.39. The lowest BCUT2D eigenvalue weighted by atomic mass is 9.68. The van der Waals surface area contributed by atoms with Gasteiger partial charge in [0.25, 0.3) is 0 Å². The van der Waals surface area contributed by atoms with Gasteiger partial charge in [0.1, 0.15) is 5.78 Å². The van der Waals surface area contributed by atoms with Crippen molar-refractivity contribution in [3.8, 4) is 0 Å². The number of fused-ring (bicyclic) bond motifs is 1.